The average Bonchev–Trinajstić information content (AvgIpc) is 2.91. The van der Waals surface area contributed by atoms with E-state index in [1.54, 1.807) is 7.11 Å². The van der Waals surface area contributed by atoms with Gasteiger partial charge in [-0.3, -0.25) is 4.79 Å². The SMILES string of the molecule is COc1ccc2cc([C@@H](C)C(=O)N[C@@H]3CCS(=O)(=O)C3)ccc2c1. The minimum Gasteiger partial charge on any atom is -0.497 e. The number of amides is 1. The summed E-state index contributed by atoms with van der Waals surface area (Å²) in [5, 5.41) is 4.95. The summed E-state index contributed by atoms with van der Waals surface area (Å²) >= 11 is 0. The van der Waals surface area contributed by atoms with E-state index in [-0.39, 0.29) is 29.4 Å². The van der Waals surface area contributed by atoms with Crippen molar-refractivity contribution in [3.05, 3.63) is 42.0 Å². The molecule has 1 amide bonds. The molecule has 0 bridgehead atoms. The Balaban J connectivity index is 1.75. The van der Waals surface area contributed by atoms with Gasteiger partial charge in [0.2, 0.25) is 5.91 Å². The van der Waals surface area contributed by atoms with Gasteiger partial charge in [-0.25, -0.2) is 8.42 Å². The topological polar surface area (TPSA) is 72.5 Å². The number of hydrogen-bond acceptors (Lipinski definition) is 4. The molecule has 2 atom stereocenters. The van der Waals surface area contributed by atoms with Crippen LogP contribution in [0.2, 0.25) is 0 Å². The van der Waals surface area contributed by atoms with Gasteiger partial charge in [-0.15, -0.1) is 0 Å². The maximum atomic E-state index is 12.4. The Kier molecular flexibility index (Phi) is 4.49. The molecular weight excluding hydrogens is 326 g/mol. The van der Waals surface area contributed by atoms with Crippen molar-refractivity contribution in [2.75, 3.05) is 18.6 Å². The van der Waals surface area contributed by atoms with Crippen LogP contribution in [0.5, 0.6) is 5.75 Å². The number of benzene rings is 2. The van der Waals surface area contributed by atoms with Gasteiger partial charge in [0.05, 0.1) is 24.5 Å². The van der Waals surface area contributed by atoms with Crippen molar-refractivity contribution in [3.8, 4) is 5.75 Å². The van der Waals surface area contributed by atoms with Gasteiger partial charge in [0.15, 0.2) is 9.84 Å². The summed E-state index contributed by atoms with van der Waals surface area (Å²) in [7, 11) is -1.36. The Hall–Kier alpha value is -2.08. The Morgan fingerprint density at radius 3 is 2.58 bits per heavy atom. The van der Waals surface area contributed by atoms with Crippen molar-refractivity contribution in [1.29, 1.82) is 0 Å². The van der Waals surface area contributed by atoms with E-state index in [9.17, 15) is 13.2 Å². The molecule has 0 spiro atoms. The molecule has 5 nitrogen and oxygen atoms in total. The summed E-state index contributed by atoms with van der Waals surface area (Å²) in [4.78, 5) is 12.4. The Labute approximate surface area is 141 Å². The second-order valence-corrected chi connectivity index (χ2v) is 8.53. The van der Waals surface area contributed by atoms with Crippen molar-refractivity contribution in [3.63, 3.8) is 0 Å². The molecule has 3 rings (SSSR count). The Bertz CT molecular complexity index is 876. The average molecular weight is 347 g/mol. The summed E-state index contributed by atoms with van der Waals surface area (Å²) in [5.74, 6) is 0.529. The van der Waals surface area contributed by atoms with E-state index in [1.807, 2.05) is 43.3 Å². The molecule has 0 aromatic heterocycles. The number of rotatable bonds is 4. The molecule has 1 fully saturated rings. The van der Waals surface area contributed by atoms with Crippen LogP contribution < -0.4 is 10.1 Å². The van der Waals surface area contributed by atoms with Gasteiger partial charge in [-0.1, -0.05) is 24.3 Å². The highest BCUT2D eigenvalue weighted by Gasteiger charge is 2.30. The summed E-state index contributed by atoms with van der Waals surface area (Å²) in [6, 6.07) is 11.4. The fourth-order valence-electron chi connectivity index (χ4n) is 3.03. The van der Waals surface area contributed by atoms with Crippen LogP contribution in [0.4, 0.5) is 0 Å². The molecule has 2 aromatic rings. The summed E-state index contributed by atoms with van der Waals surface area (Å²) in [5.41, 5.74) is 0.908. The van der Waals surface area contributed by atoms with Crippen LogP contribution in [-0.4, -0.2) is 39.0 Å². The van der Waals surface area contributed by atoms with Crippen molar-refractivity contribution in [2.24, 2.45) is 0 Å². The van der Waals surface area contributed by atoms with Crippen LogP contribution in [0.15, 0.2) is 36.4 Å². The van der Waals surface area contributed by atoms with Gasteiger partial charge in [-0.2, -0.15) is 0 Å². The van der Waals surface area contributed by atoms with Crippen molar-refractivity contribution >= 4 is 26.5 Å². The van der Waals surface area contributed by atoms with Crippen LogP contribution in [-0.2, 0) is 14.6 Å². The smallest absolute Gasteiger partial charge is 0.227 e. The van der Waals surface area contributed by atoms with Gasteiger partial charge < -0.3 is 10.1 Å². The number of ether oxygens (including phenoxy) is 1. The summed E-state index contributed by atoms with van der Waals surface area (Å²) in [6.07, 6.45) is 0.498. The highest BCUT2D eigenvalue weighted by molar-refractivity contribution is 7.91. The number of carbonyl (C=O) groups is 1. The maximum absolute atomic E-state index is 12.4. The molecule has 1 N–H and O–H groups in total. The van der Waals surface area contributed by atoms with E-state index in [0.717, 1.165) is 22.1 Å². The van der Waals surface area contributed by atoms with E-state index in [1.165, 1.54) is 0 Å². The lowest BCUT2D eigenvalue weighted by molar-refractivity contribution is -0.122. The first-order valence-electron chi connectivity index (χ1n) is 7.96. The number of methoxy groups -OCH3 is 1. The van der Waals surface area contributed by atoms with E-state index in [4.69, 9.17) is 4.74 Å². The Morgan fingerprint density at radius 2 is 1.92 bits per heavy atom. The first kappa shape index (κ1) is 16.8. The lowest BCUT2D eigenvalue weighted by Crippen LogP contribution is -2.38. The second kappa shape index (κ2) is 6.43. The third-order valence-corrected chi connectivity index (χ3v) is 6.31. The molecule has 2 aromatic carbocycles. The molecule has 128 valence electrons. The highest BCUT2D eigenvalue weighted by atomic mass is 32.2. The number of carbonyl (C=O) groups excluding carboxylic acids is 1. The predicted octanol–water partition coefficient (Wildman–Crippen LogP) is 2.26. The molecule has 24 heavy (non-hydrogen) atoms. The zero-order chi connectivity index (χ0) is 17.3. The first-order chi connectivity index (χ1) is 11.4. The molecule has 1 aliphatic heterocycles. The zero-order valence-corrected chi connectivity index (χ0v) is 14.6. The largest absolute Gasteiger partial charge is 0.497 e. The van der Waals surface area contributed by atoms with Crippen LogP contribution >= 0.6 is 0 Å². The normalized spacial score (nSPS) is 20.7. The molecule has 6 heteroatoms. The molecule has 0 radical (unpaired) electrons. The van der Waals surface area contributed by atoms with Crippen molar-refractivity contribution in [2.45, 2.75) is 25.3 Å². The fraction of sp³-hybridized carbons (Fsp3) is 0.389. The van der Waals surface area contributed by atoms with Gasteiger partial charge in [0.1, 0.15) is 5.75 Å². The van der Waals surface area contributed by atoms with Crippen LogP contribution in [0.1, 0.15) is 24.8 Å². The Morgan fingerprint density at radius 1 is 1.21 bits per heavy atom. The summed E-state index contributed by atoms with van der Waals surface area (Å²) < 4.78 is 28.2. The fourth-order valence-corrected chi connectivity index (χ4v) is 4.70. The molecule has 0 saturated carbocycles. The molecular formula is C18H21NO4S. The van der Waals surface area contributed by atoms with E-state index >= 15 is 0 Å². The third-order valence-electron chi connectivity index (χ3n) is 4.54. The minimum atomic E-state index is -2.99. The van der Waals surface area contributed by atoms with Crippen molar-refractivity contribution < 1.29 is 17.9 Å². The molecule has 0 unspecified atom stereocenters. The summed E-state index contributed by atoms with van der Waals surface area (Å²) in [6.45, 7) is 1.84. The van der Waals surface area contributed by atoms with Gasteiger partial charge in [0.25, 0.3) is 0 Å². The monoisotopic (exact) mass is 347 g/mol. The van der Waals surface area contributed by atoms with E-state index in [0.29, 0.717) is 6.42 Å². The van der Waals surface area contributed by atoms with Gasteiger partial charge in [-0.05, 0) is 41.8 Å². The standard InChI is InChI=1S/C18H21NO4S/c1-12(18(20)19-16-7-8-24(21,22)11-16)13-3-4-15-10-17(23-2)6-5-14(15)9-13/h3-6,9-10,12,16H,7-8,11H2,1-2H3,(H,19,20)/t12-,16-/m1/s1. The number of hydrogen-bond donors (Lipinski definition) is 1. The number of sulfone groups is 1. The molecule has 0 aliphatic carbocycles. The molecule has 1 heterocycles. The third kappa shape index (κ3) is 3.53. The number of nitrogens with one attached hydrogen (secondary N) is 1. The van der Waals surface area contributed by atoms with E-state index in [2.05, 4.69) is 5.32 Å². The quantitative estimate of drug-likeness (QED) is 0.921. The van der Waals surface area contributed by atoms with Crippen molar-refractivity contribution in [1.82, 2.24) is 5.32 Å². The van der Waals surface area contributed by atoms with Crippen LogP contribution in [0.25, 0.3) is 10.8 Å². The maximum Gasteiger partial charge on any atom is 0.227 e. The first-order valence-corrected chi connectivity index (χ1v) is 9.78. The van der Waals surface area contributed by atoms with Crippen LogP contribution in [0.3, 0.4) is 0 Å². The number of fused-ring (bicyclic) bond motifs is 1. The molecule has 1 saturated heterocycles. The van der Waals surface area contributed by atoms with Gasteiger partial charge >= 0.3 is 0 Å². The second-order valence-electron chi connectivity index (χ2n) is 6.30. The lowest BCUT2D eigenvalue weighted by atomic mass is 9.96. The minimum absolute atomic E-state index is 0.0446. The lowest BCUT2D eigenvalue weighted by Gasteiger charge is -2.17. The van der Waals surface area contributed by atoms with Crippen LogP contribution in [0, 0.1) is 0 Å². The zero-order valence-electron chi connectivity index (χ0n) is 13.8. The highest BCUT2D eigenvalue weighted by Crippen LogP contribution is 2.25. The predicted molar refractivity (Wildman–Crippen MR) is 94.1 cm³/mol. The van der Waals surface area contributed by atoms with Gasteiger partial charge in [0, 0.05) is 6.04 Å². The van der Waals surface area contributed by atoms with E-state index < -0.39 is 9.84 Å². The molecule has 1 aliphatic rings.